The molecule has 0 fully saturated rings. The van der Waals surface area contributed by atoms with Crippen LogP contribution in [-0.2, 0) is 6.54 Å². The van der Waals surface area contributed by atoms with E-state index in [1.165, 1.54) is 37.2 Å². The number of aromatic nitrogens is 2. The molecule has 2 unspecified atom stereocenters. The van der Waals surface area contributed by atoms with Crippen molar-refractivity contribution in [1.82, 2.24) is 9.78 Å². The average Bonchev–Trinajstić information content (AvgIpc) is 2.72. The van der Waals surface area contributed by atoms with Gasteiger partial charge < -0.3 is 5.32 Å². The first-order valence-corrected chi connectivity index (χ1v) is 7.06. The fraction of sp³-hybridized carbons (Fsp3) is 0.786. The van der Waals surface area contributed by atoms with Gasteiger partial charge in [0.1, 0.15) is 5.82 Å². The molecule has 0 saturated heterocycles. The van der Waals surface area contributed by atoms with Crippen molar-refractivity contribution in [3.63, 3.8) is 0 Å². The first-order valence-electron chi connectivity index (χ1n) is 7.06. The molecular formula is C14H25N3. The minimum absolute atomic E-state index is 0.644. The summed E-state index contributed by atoms with van der Waals surface area (Å²) in [6.45, 7) is 8.94. The molecule has 0 aliphatic carbocycles. The molecule has 0 bridgehead atoms. The molecule has 2 rings (SSSR count). The van der Waals surface area contributed by atoms with Crippen LogP contribution in [-0.4, -0.2) is 16.3 Å². The van der Waals surface area contributed by atoms with Crippen molar-refractivity contribution in [1.29, 1.82) is 0 Å². The van der Waals surface area contributed by atoms with Gasteiger partial charge in [-0.15, -0.1) is 0 Å². The Morgan fingerprint density at radius 1 is 1.53 bits per heavy atom. The van der Waals surface area contributed by atoms with Crippen LogP contribution in [0.3, 0.4) is 0 Å². The zero-order valence-corrected chi connectivity index (χ0v) is 11.4. The van der Waals surface area contributed by atoms with Crippen LogP contribution in [0.25, 0.3) is 0 Å². The lowest BCUT2D eigenvalue weighted by atomic mass is 9.96. The van der Waals surface area contributed by atoms with Gasteiger partial charge in [-0.05, 0) is 18.8 Å². The Bertz CT molecular complexity index is 356. The Kier molecular flexibility index (Phi) is 4.08. The molecule has 17 heavy (non-hydrogen) atoms. The van der Waals surface area contributed by atoms with Crippen LogP contribution in [0, 0.1) is 5.92 Å². The van der Waals surface area contributed by atoms with Gasteiger partial charge >= 0.3 is 0 Å². The van der Waals surface area contributed by atoms with Crippen molar-refractivity contribution in [2.24, 2.45) is 5.92 Å². The second-order valence-corrected chi connectivity index (χ2v) is 5.37. The summed E-state index contributed by atoms with van der Waals surface area (Å²) in [5, 5.41) is 8.25. The zero-order valence-electron chi connectivity index (χ0n) is 11.4. The van der Waals surface area contributed by atoms with Crippen molar-refractivity contribution in [3.05, 3.63) is 11.8 Å². The Hall–Kier alpha value is -0.990. The molecule has 0 saturated carbocycles. The standard InChI is InChI=1S/C14H25N3/c1-4-6-7-12(5-2)13-8-14-15-9-11(3)10-17(14)16-13/h8,11-12,15H,4-7,9-10H2,1-3H3. The normalized spacial score (nSPS) is 20.8. The quantitative estimate of drug-likeness (QED) is 0.844. The number of hydrogen-bond donors (Lipinski definition) is 1. The van der Waals surface area contributed by atoms with Gasteiger partial charge in [0, 0.05) is 25.1 Å². The highest BCUT2D eigenvalue weighted by molar-refractivity contribution is 5.39. The van der Waals surface area contributed by atoms with E-state index < -0.39 is 0 Å². The van der Waals surface area contributed by atoms with Crippen molar-refractivity contribution in [2.45, 2.75) is 58.9 Å². The number of rotatable bonds is 5. The van der Waals surface area contributed by atoms with Gasteiger partial charge in [0.05, 0.1) is 5.69 Å². The lowest BCUT2D eigenvalue weighted by Gasteiger charge is -2.21. The third-order valence-electron chi connectivity index (χ3n) is 3.73. The molecule has 2 atom stereocenters. The number of hydrogen-bond acceptors (Lipinski definition) is 2. The average molecular weight is 235 g/mol. The van der Waals surface area contributed by atoms with Gasteiger partial charge in [-0.3, -0.25) is 0 Å². The molecule has 0 spiro atoms. The smallest absolute Gasteiger partial charge is 0.124 e. The fourth-order valence-corrected chi connectivity index (χ4v) is 2.57. The summed E-state index contributed by atoms with van der Waals surface area (Å²) in [6, 6.07) is 2.26. The van der Waals surface area contributed by atoms with Gasteiger partial charge in [-0.1, -0.05) is 33.6 Å². The second-order valence-electron chi connectivity index (χ2n) is 5.37. The van der Waals surface area contributed by atoms with Crippen LogP contribution in [0.15, 0.2) is 6.07 Å². The molecule has 1 aliphatic heterocycles. The van der Waals surface area contributed by atoms with E-state index in [2.05, 4.69) is 36.8 Å². The maximum absolute atomic E-state index is 4.78. The van der Waals surface area contributed by atoms with Gasteiger partial charge in [0.25, 0.3) is 0 Å². The molecule has 1 aromatic rings. The fourth-order valence-electron chi connectivity index (χ4n) is 2.57. The number of unbranched alkanes of at least 4 members (excludes halogenated alkanes) is 1. The van der Waals surface area contributed by atoms with Gasteiger partial charge in [0.2, 0.25) is 0 Å². The van der Waals surface area contributed by atoms with Crippen molar-refractivity contribution in [2.75, 3.05) is 11.9 Å². The first-order chi connectivity index (χ1) is 8.24. The maximum atomic E-state index is 4.78. The van der Waals surface area contributed by atoms with E-state index >= 15 is 0 Å². The van der Waals surface area contributed by atoms with Crippen LogP contribution < -0.4 is 5.32 Å². The van der Waals surface area contributed by atoms with Crippen LogP contribution in [0.1, 0.15) is 58.1 Å². The third kappa shape index (κ3) is 2.82. The van der Waals surface area contributed by atoms with Crippen LogP contribution >= 0.6 is 0 Å². The van der Waals surface area contributed by atoms with Crippen LogP contribution in [0.5, 0.6) is 0 Å². The van der Waals surface area contributed by atoms with E-state index in [1.807, 2.05) is 0 Å². The summed E-state index contributed by atoms with van der Waals surface area (Å²) in [4.78, 5) is 0. The van der Waals surface area contributed by atoms with Crippen molar-refractivity contribution in [3.8, 4) is 0 Å². The molecule has 96 valence electrons. The number of nitrogens with zero attached hydrogens (tertiary/aromatic N) is 2. The Morgan fingerprint density at radius 3 is 3.06 bits per heavy atom. The molecule has 1 N–H and O–H groups in total. The Morgan fingerprint density at radius 2 is 2.35 bits per heavy atom. The van der Waals surface area contributed by atoms with Gasteiger partial charge in [0.15, 0.2) is 0 Å². The SMILES string of the molecule is CCCCC(CC)c1cc2n(n1)CC(C)CN2. The Balaban J connectivity index is 2.10. The van der Waals surface area contributed by atoms with Gasteiger partial charge in [-0.2, -0.15) is 5.10 Å². The zero-order chi connectivity index (χ0) is 12.3. The van der Waals surface area contributed by atoms with E-state index in [-0.39, 0.29) is 0 Å². The maximum Gasteiger partial charge on any atom is 0.124 e. The molecule has 1 aliphatic rings. The molecule has 3 heteroatoms. The molecular weight excluding hydrogens is 210 g/mol. The van der Waals surface area contributed by atoms with Gasteiger partial charge in [-0.25, -0.2) is 4.68 Å². The third-order valence-corrected chi connectivity index (χ3v) is 3.73. The van der Waals surface area contributed by atoms with Crippen molar-refractivity contribution >= 4 is 5.82 Å². The van der Waals surface area contributed by atoms with E-state index in [4.69, 9.17) is 5.10 Å². The number of nitrogens with one attached hydrogen (secondary N) is 1. The van der Waals surface area contributed by atoms with Crippen molar-refractivity contribution < 1.29 is 0 Å². The highest BCUT2D eigenvalue weighted by atomic mass is 15.3. The molecule has 1 aromatic heterocycles. The summed E-state index contributed by atoms with van der Waals surface area (Å²) in [7, 11) is 0. The van der Waals surface area contributed by atoms with Crippen LogP contribution in [0.4, 0.5) is 5.82 Å². The van der Waals surface area contributed by atoms with E-state index in [9.17, 15) is 0 Å². The molecule has 3 nitrogen and oxygen atoms in total. The van der Waals surface area contributed by atoms with E-state index in [0.29, 0.717) is 11.8 Å². The topological polar surface area (TPSA) is 29.9 Å². The predicted molar refractivity (Wildman–Crippen MR) is 72.4 cm³/mol. The summed E-state index contributed by atoms with van der Waals surface area (Å²) >= 11 is 0. The van der Waals surface area contributed by atoms with E-state index in [0.717, 1.165) is 13.1 Å². The number of fused-ring (bicyclic) bond motifs is 1. The monoisotopic (exact) mass is 235 g/mol. The summed E-state index contributed by atoms with van der Waals surface area (Å²) in [5.74, 6) is 2.55. The molecule has 0 amide bonds. The highest BCUT2D eigenvalue weighted by Crippen LogP contribution is 2.28. The Labute approximate surface area is 105 Å². The molecule has 0 aromatic carbocycles. The molecule has 2 heterocycles. The first kappa shape index (κ1) is 12.5. The molecule has 0 radical (unpaired) electrons. The minimum atomic E-state index is 0.644. The second kappa shape index (κ2) is 5.56. The number of anilines is 1. The minimum Gasteiger partial charge on any atom is -0.370 e. The largest absolute Gasteiger partial charge is 0.370 e. The summed E-state index contributed by atoms with van der Waals surface area (Å²) < 4.78 is 2.15. The lowest BCUT2D eigenvalue weighted by molar-refractivity contribution is 0.437. The highest BCUT2D eigenvalue weighted by Gasteiger charge is 2.19. The predicted octanol–water partition coefficient (Wildman–Crippen LogP) is 3.63. The van der Waals surface area contributed by atoms with E-state index in [1.54, 1.807) is 0 Å². The lowest BCUT2D eigenvalue weighted by Crippen LogP contribution is -2.25. The summed E-state index contributed by atoms with van der Waals surface area (Å²) in [6.07, 6.45) is 5.06. The summed E-state index contributed by atoms with van der Waals surface area (Å²) in [5.41, 5.74) is 1.29. The van der Waals surface area contributed by atoms with Crippen LogP contribution in [0.2, 0.25) is 0 Å².